The van der Waals surface area contributed by atoms with Crippen LogP contribution in [0.5, 0.6) is 0 Å². The molecule has 1 rings (SSSR count). The van der Waals surface area contributed by atoms with Crippen LogP contribution in [0.4, 0.5) is 11.5 Å². The number of nitrogens with one attached hydrogen (secondary N) is 1. The van der Waals surface area contributed by atoms with E-state index in [1.165, 1.54) is 0 Å². The summed E-state index contributed by atoms with van der Waals surface area (Å²) in [6, 6.07) is 1.81. The number of anilines is 2. The highest BCUT2D eigenvalue weighted by Gasteiger charge is 1.93. The number of aromatic nitrogens is 1. The molecule has 0 saturated heterocycles. The SMILES string of the molecule is CNc1cc(N)c(C)cn1. The molecule has 0 spiro atoms. The topological polar surface area (TPSA) is 50.9 Å². The van der Waals surface area contributed by atoms with Crippen LogP contribution < -0.4 is 11.1 Å². The molecule has 3 nitrogen and oxygen atoms in total. The second-order valence-electron chi connectivity index (χ2n) is 2.18. The molecule has 54 valence electrons. The van der Waals surface area contributed by atoms with E-state index < -0.39 is 0 Å². The van der Waals surface area contributed by atoms with Crippen LogP contribution in [0.25, 0.3) is 0 Å². The minimum atomic E-state index is 0.777. The third kappa shape index (κ3) is 1.18. The van der Waals surface area contributed by atoms with E-state index in [1.54, 1.807) is 6.20 Å². The Balaban J connectivity index is 3.04. The average Bonchev–Trinajstić information content (AvgIpc) is 1.95. The largest absolute Gasteiger partial charge is 0.398 e. The van der Waals surface area contributed by atoms with Crippen molar-refractivity contribution in [1.82, 2.24) is 4.98 Å². The average molecular weight is 137 g/mol. The van der Waals surface area contributed by atoms with Crippen LogP contribution in [0.3, 0.4) is 0 Å². The van der Waals surface area contributed by atoms with Gasteiger partial charge in [0, 0.05) is 25.0 Å². The first-order valence-electron chi connectivity index (χ1n) is 3.14. The van der Waals surface area contributed by atoms with Crippen LogP contribution in [0, 0.1) is 6.92 Å². The van der Waals surface area contributed by atoms with Gasteiger partial charge in [0.05, 0.1) is 0 Å². The van der Waals surface area contributed by atoms with Gasteiger partial charge in [0.25, 0.3) is 0 Å². The lowest BCUT2D eigenvalue weighted by Gasteiger charge is -2.01. The number of hydrogen-bond acceptors (Lipinski definition) is 3. The first-order valence-corrected chi connectivity index (χ1v) is 3.14. The monoisotopic (exact) mass is 137 g/mol. The number of rotatable bonds is 1. The molecule has 0 unspecified atom stereocenters. The lowest BCUT2D eigenvalue weighted by Crippen LogP contribution is -1.96. The lowest BCUT2D eigenvalue weighted by molar-refractivity contribution is 1.25. The number of nitrogen functional groups attached to an aromatic ring is 1. The predicted octanol–water partition coefficient (Wildman–Crippen LogP) is 1.01. The third-order valence-electron chi connectivity index (χ3n) is 1.40. The summed E-state index contributed by atoms with van der Waals surface area (Å²) in [7, 11) is 1.82. The Morgan fingerprint density at radius 1 is 1.60 bits per heavy atom. The summed E-state index contributed by atoms with van der Waals surface area (Å²) < 4.78 is 0. The number of nitrogens with zero attached hydrogens (tertiary/aromatic N) is 1. The summed E-state index contributed by atoms with van der Waals surface area (Å²) in [5.41, 5.74) is 7.41. The van der Waals surface area contributed by atoms with Crippen molar-refractivity contribution in [2.45, 2.75) is 6.92 Å². The van der Waals surface area contributed by atoms with Gasteiger partial charge in [-0.1, -0.05) is 0 Å². The van der Waals surface area contributed by atoms with Crippen molar-refractivity contribution in [1.29, 1.82) is 0 Å². The number of nitrogens with two attached hydrogens (primary N) is 1. The van der Waals surface area contributed by atoms with Crippen LogP contribution in [-0.2, 0) is 0 Å². The molecule has 1 aromatic rings. The first-order chi connectivity index (χ1) is 4.74. The molecule has 3 heteroatoms. The molecule has 0 aromatic carbocycles. The Labute approximate surface area is 60.3 Å². The molecular formula is C7H11N3. The second-order valence-corrected chi connectivity index (χ2v) is 2.18. The summed E-state index contributed by atoms with van der Waals surface area (Å²) in [6.45, 7) is 1.93. The molecule has 0 aliphatic rings. The summed E-state index contributed by atoms with van der Waals surface area (Å²) >= 11 is 0. The fraction of sp³-hybridized carbons (Fsp3) is 0.286. The smallest absolute Gasteiger partial charge is 0.127 e. The summed E-state index contributed by atoms with van der Waals surface area (Å²) in [5, 5.41) is 2.90. The van der Waals surface area contributed by atoms with Crippen molar-refractivity contribution in [3.05, 3.63) is 17.8 Å². The minimum Gasteiger partial charge on any atom is -0.398 e. The second kappa shape index (κ2) is 2.56. The fourth-order valence-corrected chi connectivity index (χ4v) is 0.676. The Bertz CT molecular complexity index is 232. The zero-order valence-corrected chi connectivity index (χ0v) is 6.18. The molecule has 0 aliphatic heterocycles. The molecule has 0 bridgehead atoms. The van der Waals surface area contributed by atoms with Gasteiger partial charge in [0.2, 0.25) is 0 Å². The standard InChI is InChI=1S/C7H11N3/c1-5-4-10-7(9-2)3-6(5)8/h3-4H,1-2H3,(H3,8,9,10). The molecule has 3 N–H and O–H groups in total. The van der Waals surface area contributed by atoms with Gasteiger partial charge >= 0.3 is 0 Å². The highest BCUT2D eigenvalue weighted by Crippen LogP contribution is 2.12. The maximum atomic E-state index is 5.62. The number of pyridine rings is 1. The van der Waals surface area contributed by atoms with E-state index in [1.807, 2.05) is 20.0 Å². The minimum absolute atomic E-state index is 0.777. The van der Waals surface area contributed by atoms with Gasteiger partial charge in [-0.05, 0) is 12.5 Å². The summed E-state index contributed by atoms with van der Waals surface area (Å²) in [5.74, 6) is 0.808. The highest BCUT2D eigenvalue weighted by molar-refractivity contribution is 5.53. The van der Waals surface area contributed by atoms with E-state index >= 15 is 0 Å². The van der Waals surface area contributed by atoms with Crippen LogP contribution in [0.15, 0.2) is 12.3 Å². The van der Waals surface area contributed by atoms with Crippen molar-refractivity contribution in [3.63, 3.8) is 0 Å². The number of aryl methyl sites for hydroxylation is 1. The molecule has 0 aliphatic carbocycles. The lowest BCUT2D eigenvalue weighted by atomic mass is 10.2. The Kier molecular flexibility index (Phi) is 1.76. The zero-order chi connectivity index (χ0) is 7.56. The Morgan fingerprint density at radius 2 is 2.30 bits per heavy atom. The van der Waals surface area contributed by atoms with Crippen LogP contribution in [0.2, 0.25) is 0 Å². The van der Waals surface area contributed by atoms with E-state index in [0.29, 0.717) is 0 Å². The molecule has 0 fully saturated rings. The van der Waals surface area contributed by atoms with Gasteiger partial charge in [-0.25, -0.2) is 4.98 Å². The maximum absolute atomic E-state index is 5.62. The van der Waals surface area contributed by atoms with Crippen molar-refractivity contribution in [2.24, 2.45) is 0 Å². The van der Waals surface area contributed by atoms with Gasteiger partial charge in [0.15, 0.2) is 0 Å². The van der Waals surface area contributed by atoms with Crippen LogP contribution in [0.1, 0.15) is 5.56 Å². The Hall–Kier alpha value is -1.25. The van der Waals surface area contributed by atoms with Crippen molar-refractivity contribution in [3.8, 4) is 0 Å². The molecule has 10 heavy (non-hydrogen) atoms. The Morgan fingerprint density at radius 3 is 2.80 bits per heavy atom. The molecule has 1 aromatic heterocycles. The summed E-state index contributed by atoms with van der Waals surface area (Å²) in [6.07, 6.45) is 1.75. The first kappa shape index (κ1) is 6.86. The quantitative estimate of drug-likeness (QED) is 0.607. The highest BCUT2D eigenvalue weighted by atomic mass is 15.0. The third-order valence-corrected chi connectivity index (χ3v) is 1.40. The molecule has 0 atom stereocenters. The molecule has 0 saturated carbocycles. The van der Waals surface area contributed by atoms with E-state index in [-0.39, 0.29) is 0 Å². The summed E-state index contributed by atoms with van der Waals surface area (Å²) in [4.78, 5) is 4.07. The van der Waals surface area contributed by atoms with Crippen molar-refractivity contribution < 1.29 is 0 Å². The van der Waals surface area contributed by atoms with E-state index in [9.17, 15) is 0 Å². The van der Waals surface area contributed by atoms with E-state index in [2.05, 4.69) is 10.3 Å². The normalized spacial score (nSPS) is 9.40. The molecule has 0 amide bonds. The van der Waals surface area contributed by atoms with Crippen molar-refractivity contribution in [2.75, 3.05) is 18.1 Å². The van der Waals surface area contributed by atoms with Gasteiger partial charge in [-0.15, -0.1) is 0 Å². The van der Waals surface area contributed by atoms with Crippen LogP contribution >= 0.6 is 0 Å². The fourth-order valence-electron chi connectivity index (χ4n) is 0.676. The van der Waals surface area contributed by atoms with Gasteiger partial charge < -0.3 is 11.1 Å². The predicted molar refractivity (Wildman–Crippen MR) is 42.9 cm³/mol. The number of hydrogen-bond donors (Lipinski definition) is 2. The van der Waals surface area contributed by atoms with E-state index in [4.69, 9.17) is 5.73 Å². The zero-order valence-electron chi connectivity index (χ0n) is 6.18. The van der Waals surface area contributed by atoms with Crippen LogP contribution in [-0.4, -0.2) is 12.0 Å². The molecule has 0 radical (unpaired) electrons. The van der Waals surface area contributed by atoms with Gasteiger partial charge in [0.1, 0.15) is 5.82 Å². The van der Waals surface area contributed by atoms with Gasteiger partial charge in [-0.3, -0.25) is 0 Å². The van der Waals surface area contributed by atoms with Gasteiger partial charge in [-0.2, -0.15) is 0 Å². The van der Waals surface area contributed by atoms with Crippen molar-refractivity contribution >= 4 is 11.5 Å². The maximum Gasteiger partial charge on any atom is 0.127 e. The van der Waals surface area contributed by atoms with E-state index in [0.717, 1.165) is 17.1 Å². The molecular weight excluding hydrogens is 126 g/mol. The molecule has 1 heterocycles.